The first kappa shape index (κ1) is 19.8. The van der Waals surface area contributed by atoms with Gasteiger partial charge in [-0.2, -0.15) is 10.1 Å². The second kappa shape index (κ2) is 8.56. The van der Waals surface area contributed by atoms with E-state index in [9.17, 15) is 9.18 Å². The maximum Gasteiger partial charge on any atom is 0.273 e. The highest BCUT2D eigenvalue weighted by molar-refractivity contribution is 7.13. The molecule has 0 fully saturated rings. The molecule has 3 heterocycles. The topological polar surface area (TPSA) is 96.7 Å². The molecule has 0 radical (unpaired) electrons. The molecular formula is C23H16FN5O2S. The Bertz CT molecular complexity index is 1360. The van der Waals surface area contributed by atoms with E-state index in [4.69, 9.17) is 4.52 Å². The molecule has 7 nitrogen and oxygen atoms in total. The highest BCUT2D eigenvalue weighted by atomic mass is 32.1. The summed E-state index contributed by atoms with van der Waals surface area (Å²) in [5.41, 5.74) is 3.01. The van der Waals surface area contributed by atoms with Gasteiger partial charge < -0.3 is 9.84 Å². The lowest BCUT2D eigenvalue weighted by Crippen LogP contribution is -2.14. The number of hydrogen-bond acceptors (Lipinski definition) is 6. The van der Waals surface area contributed by atoms with Crippen molar-refractivity contribution in [2.24, 2.45) is 0 Å². The molecule has 0 aliphatic heterocycles. The van der Waals surface area contributed by atoms with E-state index in [1.165, 1.54) is 23.5 Å². The van der Waals surface area contributed by atoms with Crippen molar-refractivity contribution < 1.29 is 13.7 Å². The predicted octanol–water partition coefficient (Wildman–Crippen LogP) is 5.17. The summed E-state index contributed by atoms with van der Waals surface area (Å²) in [6.45, 7) is 0. The molecule has 0 aliphatic rings. The van der Waals surface area contributed by atoms with Crippen LogP contribution in [0.4, 0.5) is 10.1 Å². The minimum Gasteiger partial charge on any atom is -0.339 e. The molecule has 9 heteroatoms. The Morgan fingerprint density at radius 2 is 1.94 bits per heavy atom. The summed E-state index contributed by atoms with van der Waals surface area (Å²) < 4.78 is 18.5. The zero-order valence-electron chi connectivity index (χ0n) is 16.6. The third-order valence-electron chi connectivity index (χ3n) is 4.78. The molecule has 2 aromatic carbocycles. The van der Waals surface area contributed by atoms with E-state index < -0.39 is 0 Å². The minimum absolute atomic E-state index is 0.289. The molecule has 0 saturated carbocycles. The molecule has 0 aliphatic carbocycles. The largest absolute Gasteiger partial charge is 0.339 e. The van der Waals surface area contributed by atoms with Crippen molar-refractivity contribution in [3.8, 4) is 22.0 Å². The first-order valence-corrected chi connectivity index (χ1v) is 10.6. The smallest absolute Gasteiger partial charge is 0.273 e. The summed E-state index contributed by atoms with van der Waals surface area (Å²) in [5.74, 6) is 0.322. The summed E-state index contributed by atoms with van der Waals surface area (Å²) in [7, 11) is 0. The molecular weight excluding hydrogens is 429 g/mol. The van der Waals surface area contributed by atoms with Crippen LogP contribution in [-0.2, 0) is 6.42 Å². The van der Waals surface area contributed by atoms with Crippen molar-refractivity contribution in [1.82, 2.24) is 20.3 Å². The van der Waals surface area contributed by atoms with Crippen molar-refractivity contribution in [2.45, 2.75) is 6.42 Å². The molecule has 0 unspecified atom stereocenters. The molecule has 2 N–H and O–H groups in total. The number of benzene rings is 2. The standard InChI is InChI=1S/C23H16FN5O2S/c24-16-9-7-14(8-10-16)18-13-19(28-27-18)23(30)25-17-5-2-1-4-15(17)12-21-26-22(29-31-21)20-6-3-11-32-20/h1-11,13H,12H2,(H,25,30)(H,27,28). The SMILES string of the molecule is O=C(Nc1ccccc1Cc1nc(-c2cccs2)no1)c1cc(-c2ccc(F)cc2)n[nH]1. The number of carbonyl (C=O) groups excluding carboxylic acids is 1. The van der Waals surface area contributed by atoms with E-state index in [2.05, 4.69) is 25.7 Å². The predicted molar refractivity (Wildman–Crippen MR) is 119 cm³/mol. The number of rotatable bonds is 6. The molecule has 0 atom stereocenters. The minimum atomic E-state index is -0.344. The molecule has 32 heavy (non-hydrogen) atoms. The molecule has 0 saturated heterocycles. The molecule has 0 bridgehead atoms. The Morgan fingerprint density at radius 3 is 2.75 bits per heavy atom. The van der Waals surface area contributed by atoms with Crippen LogP contribution in [0.25, 0.3) is 22.0 Å². The average molecular weight is 445 g/mol. The lowest BCUT2D eigenvalue weighted by atomic mass is 10.1. The second-order valence-corrected chi connectivity index (χ2v) is 7.90. The van der Waals surface area contributed by atoms with Crippen molar-refractivity contribution >= 4 is 22.9 Å². The first-order valence-electron chi connectivity index (χ1n) is 9.73. The van der Waals surface area contributed by atoms with Crippen LogP contribution in [0.2, 0.25) is 0 Å². The molecule has 5 rings (SSSR count). The quantitative estimate of drug-likeness (QED) is 0.376. The van der Waals surface area contributed by atoms with Crippen LogP contribution in [0.5, 0.6) is 0 Å². The van der Waals surface area contributed by atoms with Gasteiger partial charge in [0.2, 0.25) is 11.7 Å². The van der Waals surface area contributed by atoms with Crippen LogP contribution in [-0.4, -0.2) is 26.2 Å². The molecule has 1 amide bonds. The van der Waals surface area contributed by atoms with Gasteiger partial charge in [0.25, 0.3) is 5.91 Å². The summed E-state index contributed by atoms with van der Waals surface area (Å²) in [4.78, 5) is 18.2. The zero-order chi connectivity index (χ0) is 21.9. The van der Waals surface area contributed by atoms with Crippen molar-refractivity contribution in [3.05, 3.63) is 95.1 Å². The van der Waals surface area contributed by atoms with Crippen LogP contribution in [0, 0.1) is 5.82 Å². The van der Waals surface area contributed by atoms with Crippen molar-refractivity contribution in [3.63, 3.8) is 0 Å². The fraction of sp³-hybridized carbons (Fsp3) is 0.0435. The van der Waals surface area contributed by atoms with Crippen molar-refractivity contribution in [2.75, 3.05) is 5.32 Å². The van der Waals surface area contributed by atoms with Gasteiger partial charge in [0.05, 0.1) is 17.0 Å². The lowest BCUT2D eigenvalue weighted by Gasteiger charge is -2.08. The van der Waals surface area contributed by atoms with Gasteiger partial charge in [-0.05, 0) is 53.4 Å². The fourth-order valence-corrected chi connectivity index (χ4v) is 3.84. The third-order valence-corrected chi connectivity index (χ3v) is 5.65. The highest BCUT2D eigenvalue weighted by Gasteiger charge is 2.15. The normalized spacial score (nSPS) is 10.9. The zero-order valence-corrected chi connectivity index (χ0v) is 17.4. The van der Waals surface area contributed by atoms with Gasteiger partial charge >= 0.3 is 0 Å². The van der Waals surface area contributed by atoms with Gasteiger partial charge in [0, 0.05) is 11.3 Å². The van der Waals surface area contributed by atoms with E-state index in [0.717, 1.165) is 10.4 Å². The van der Waals surface area contributed by atoms with Gasteiger partial charge in [-0.15, -0.1) is 11.3 Å². The van der Waals surface area contributed by atoms with E-state index >= 15 is 0 Å². The third kappa shape index (κ3) is 4.19. The number of anilines is 1. The van der Waals surface area contributed by atoms with Crippen LogP contribution in [0.3, 0.4) is 0 Å². The van der Waals surface area contributed by atoms with Gasteiger partial charge in [-0.25, -0.2) is 4.39 Å². The van der Waals surface area contributed by atoms with Gasteiger partial charge in [-0.1, -0.05) is 29.4 Å². The number of nitrogens with zero attached hydrogens (tertiary/aromatic N) is 3. The summed E-state index contributed by atoms with van der Waals surface area (Å²) in [6, 6.07) is 18.8. The monoisotopic (exact) mass is 445 g/mol. The Hall–Kier alpha value is -4.11. The highest BCUT2D eigenvalue weighted by Crippen LogP contribution is 2.24. The average Bonchev–Trinajstić information content (AvgIpc) is 3.57. The number of halogens is 1. The Labute approximate surface area is 185 Å². The number of para-hydroxylation sites is 1. The number of aromatic amines is 1. The molecule has 5 aromatic rings. The number of thiophene rings is 1. The Kier molecular flexibility index (Phi) is 5.30. The van der Waals surface area contributed by atoms with Crippen LogP contribution < -0.4 is 5.32 Å². The number of hydrogen-bond donors (Lipinski definition) is 2. The summed E-state index contributed by atoms with van der Waals surface area (Å²) >= 11 is 1.54. The Morgan fingerprint density at radius 1 is 1.09 bits per heavy atom. The van der Waals surface area contributed by atoms with E-state index in [1.807, 2.05) is 35.7 Å². The van der Waals surface area contributed by atoms with Crippen molar-refractivity contribution in [1.29, 1.82) is 0 Å². The van der Waals surface area contributed by atoms with Crippen LogP contribution in [0.15, 0.2) is 76.6 Å². The van der Waals surface area contributed by atoms with E-state index in [0.29, 0.717) is 35.1 Å². The molecule has 158 valence electrons. The van der Waals surface area contributed by atoms with Gasteiger partial charge in [0.1, 0.15) is 11.5 Å². The molecule has 0 spiro atoms. The number of amides is 1. The van der Waals surface area contributed by atoms with E-state index in [1.54, 1.807) is 24.3 Å². The maximum atomic E-state index is 13.1. The van der Waals surface area contributed by atoms with E-state index in [-0.39, 0.29) is 17.4 Å². The fourth-order valence-electron chi connectivity index (χ4n) is 3.19. The maximum absolute atomic E-state index is 13.1. The number of aromatic nitrogens is 4. The van der Waals surface area contributed by atoms with Gasteiger partial charge in [-0.3, -0.25) is 9.89 Å². The summed E-state index contributed by atoms with van der Waals surface area (Å²) in [6.07, 6.45) is 0.374. The van der Waals surface area contributed by atoms with Crippen LogP contribution in [0.1, 0.15) is 21.9 Å². The van der Waals surface area contributed by atoms with Crippen LogP contribution >= 0.6 is 11.3 Å². The van der Waals surface area contributed by atoms with Gasteiger partial charge in [0.15, 0.2) is 0 Å². The Balaban J connectivity index is 1.32. The second-order valence-electron chi connectivity index (χ2n) is 6.95. The number of nitrogens with one attached hydrogen (secondary N) is 2. The lowest BCUT2D eigenvalue weighted by molar-refractivity contribution is 0.102. The first-order chi connectivity index (χ1) is 15.7. The molecule has 3 aromatic heterocycles. The number of carbonyl (C=O) groups is 1. The number of H-pyrrole nitrogens is 1. The summed E-state index contributed by atoms with van der Waals surface area (Å²) in [5, 5.41) is 15.8.